The first kappa shape index (κ1) is 16.7. The molecular formula is C17H13Cl2FN2O2. The summed E-state index contributed by atoms with van der Waals surface area (Å²) >= 11 is 11.5. The molecule has 2 aromatic carbocycles. The van der Waals surface area contributed by atoms with Crippen LogP contribution in [0.3, 0.4) is 0 Å². The molecule has 2 aromatic rings. The van der Waals surface area contributed by atoms with Gasteiger partial charge in [0.25, 0.3) is 0 Å². The first-order chi connectivity index (χ1) is 11.4. The molecule has 124 valence electrons. The second kappa shape index (κ2) is 6.79. The highest BCUT2D eigenvalue weighted by Gasteiger charge is 2.35. The van der Waals surface area contributed by atoms with Gasteiger partial charge < -0.3 is 10.2 Å². The van der Waals surface area contributed by atoms with Crippen LogP contribution in [0.2, 0.25) is 10.0 Å². The van der Waals surface area contributed by atoms with E-state index in [9.17, 15) is 14.0 Å². The number of hydrogen-bond acceptors (Lipinski definition) is 2. The maximum atomic E-state index is 13.2. The van der Waals surface area contributed by atoms with Crippen LogP contribution in [0.15, 0.2) is 42.5 Å². The van der Waals surface area contributed by atoms with Crippen LogP contribution in [-0.2, 0) is 9.59 Å². The molecule has 0 aromatic heterocycles. The molecule has 0 radical (unpaired) electrons. The maximum Gasteiger partial charge on any atom is 0.229 e. The molecule has 4 nitrogen and oxygen atoms in total. The number of nitrogens with one attached hydrogen (secondary N) is 1. The Morgan fingerprint density at radius 1 is 1.17 bits per heavy atom. The molecule has 1 unspecified atom stereocenters. The van der Waals surface area contributed by atoms with Gasteiger partial charge in [-0.15, -0.1) is 0 Å². The summed E-state index contributed by atoms with van der Waals surface area (Å²) < 4.78 is 13.2. The molecule has 1 aliphatic rings. The van der Waals surface area contributed by atoms with Crippen LogP contribution >= 0.6 is 23.2 Å². The fourth-order valence-corrected chi connectivity index (χ4v) is 2.88. The third kappa shape index (κ3) is 3.52. The zero-order valence-electron chi connectivity index (χ0n) is 12.4. The monoisotopic (exact) mass is 366 g/mol. The highest BCUT2D eigenvalue weighted by Crippen LogP contribution is 2.27. The van der Waals surface area contributed by atoms with Crippen LogP contribution in [0.5, 0.6) is 0 Å². The van der Waals surface area contributed by atoms with Crippen LogP contribution < -0.4 is 10.2 Å². The Balaban J connectivity index is 1.69. The highest BCUT2D eigenvalue weighted by molar-refractivity contribution is 6.31. The van der Waals surface area contributed by atoms with Crippen molar-refractivity contribution in [2.24, 2.45) is 5.92 Å². The standard InChI is InChI=1S/C17H13Cl2FN2O2/c18-11-1-4-13(5-2-11)22-9-10(7-16(22)23)17(24)21-12-3-6-15(20)14(19)8-12/h1-6,8,10H,7,9H2,(H,21,24). The molecular weight excluding hydrogens is 354 g/mol. The van der Waals surface area contributed by atoms with E-state index in [-0.39, 0.29) is 29.8 Å². The van der Waals surface area contributed by atoms with E-state index in [1.54, 1.807) is 29.2 Å². The minimum Gasteiger partial charge on any atom is -0.326 e. The lowest BCUT2D eigenvalue weighted by Crippen LogP contribution is -2.28. The van der Waals surface area contributed by atoms with Crippen molar-refractivity contribution in [2.75, 3.05) is 16.8 Å². The molecule has 7 heteroatoms. The van der Waals surface area contributed by atoms with E-state index in [1.165, 1.54) is 18.2 Å². The number of amides is 2. The van der Waals surface area contributed by atoms with Crippen molar-refractivity contribution in [3.8, 4) is 0 Å². The lowest BCUT2D eigenvalue weighted by molar-refractivity contribution is -0.122. The van der Waals surface area contributed by atoms with Gasteiger partial charge in [0.1, 0.15) is 5.82 Å². The Morgan fingerprint density at radius 2 is 1.88 bits per heavy atom. The molecule has 3 rings (SSSR count). The first-order valence-electron chi connectivity index (χ1n) is 7.26. The molecule has 1 aliphatic heterocycles. The van der Waals surface area contributed by atoms with Crippen molar-refractivity contribution in [1.29, 1.82) is 0 Å². The second-order valence-electron chi connectivity index (χ2n) is 5.50. The van der Waals surface area contributed by atoms with E-state index in [2.05, 4.69) is 5.32 Å². The van der Waals surface area contributed by atoms with Gasteiger partial charge in [0.2, 0.25) is 11.8 Å². The van der Waals surface area contributed by atoms with E-state index in [0.717, 1.165) is 0 Å². The van der Waals surface area contributed by atoms with Gasteiger partial charge in [0.05, 0.1) is 10.9 Å². The predicted octanol–water partition coefficient (Wildman–Crippen LogP) is 4.12. The molecule has 1 saturated heterocycles. The summed E-state index contributed by atoms with van der Waals surface area (Å²) in [5.74, 6) is -1.48. The van der Waals surface area contributed by atoms with Crippen molar-refractivity contribution in [3.63, 3.8) is 0 Å². The Kier molecular flexibility index (Phi) is 4.73. The second-order valence-corrected chi connectivity index (χ2v) is 6.34. The average molecular weight is 367 g/mol. The van der Waals surface area contributed by atoms with Crippen LogP contribution in [0.1, 0.15) is 6.42 Å². The molecule has 0 spiro atoms. The summed E-state index contributed by atoms with van der Waals surface area (Å²) in [4.78, 5) is 26.1. The van der Waals surface area contributed by atoms with Gasteiger partial charge in [-0.2, -0.15) is 0 Å². The quantitative estimate of drug-likeness (QED) is 0.887. The van der Waals surface area contributed by atoms with Gasteiger partial charge in [-0.05, 0) is 42.5 Å². The molecule has 0 bridgehead atoms. The van der Waals surface area contributed by atoms with Crippen LogP contribution in [0.4, 0.5) is 15.8 Å². The summed E-state index contributed by atoms with van der Waals surface area (Å²) in [6.07, 6.45) is 0.114. The number of halogens is 3. The normalized spacial score (nSPS) is 17.2. The third-order valence-electron chi connectivity index (χ3n) is 3.82. The van der Waals surface area contributed by atoms with Crippen molar-refractivity contribution in [2.45, 2.75) is 6.42 Å². The Morgan fingerprint density at radius 3 is 2.54 bits per heavy atom. The summed E-state index contributed by atoms with van der Waals surface area (Å²) in [6.45, 7) is 0.279. The SMILES string of the molecule is O=C(Nc1ccc(F)c(Cl)c1)C1CC(=O)N(c2ccc(Cl)cc2)C1. The number of carbonyl (C=O) groups is 2. The molecule has 1 N–H and O–H groups in total. The van der Waals surface area contributed by atoms with E-state index in [4.69, 9.17) is 23.2 Å². The lowest BCUT2D eigenvalue weighted by atomic mass is 10.1. The summed E-state index contributed by atoms with van der Waals surface area (Å²) in [7, 11) is 0. The topological polar surface area (TPSA) is 49.4 Å². The molecule has 1 heterocycles. The summed E-state index contributed by atoms with van der Waals surface area (Å²) in [6, 6.07) is 10.8. The number of benzene rings is 2. The summed E-state index contributed by atoms with van der Waals surface area (Å²) in [5.41, 5.74) is 1.09. The number of hydrogen-bond donors (Lipinski definition) is 1. The number of rotatable bonds is 3. The third-order valence-corrected chi connectivity index (χ3v) is 4.36. The van der Waals surface area contributed by atoms with Crippen LogP contribution in [0.25, 0.3) is 0 Å². The van der Waals surface area contributed by atoms with E-state index in [0.29, 0.717) is 16.4 Å². The van der Waals surface area contributed by atoms with Gasteiger partial charge in [0.15, 0.2) is 0 Å². The molecule has 0 aliphatic carbocycles. The highest BCUT2D eigenvalue weighted by atomic mass is 35.5. The fourth-order valence-electron chi connectivity index (χ4n) is 2.57. The average Bonchev–Trinajstić information content (AvgIpc) is 2.94. The molecule has 2 amide bonds. The van der Waals surface area contributed by atoms with E-state index in [1.807, 2.05) is 0 Å². The van der Waals surface area contributed by atoms with E-state index >= 15 is 0 Å². The van der Waals surface area contributed by atoms with Gasteiger partial charge in [-0.1, -0.05) is 23.2 Å². The van der Waals surface area contributed by atoms with Crippen LogP contribution in [-0.4, -0.2) is 18.4 Å². The zero-order valence-corrected chi connectivity index (χ0v) is 13.9. The Bertz CT molecular complexity index is 796. The molecule has 1 fully saturated rings. The van der Waals surface area contributed by atoms with Crippen molar-refractivity contribution in [1.82, 2.24) is 0 Å². The fraction of sp³-hybridized carbons (Fsp3) is 0.176. The summed E-state index contributed by atoms with van der Waals surface area (Å²) in [5, 5.41) is 3.17. The largest absolute Gasteiger partial charge is 0.326 e. The van der Waals surface area contributed by atoms with Crippen molar-refractivity contribution >= 4 is 46.4 Å². The number of anilines is 2. The lowest BCUT2D eigenvalue weighted by Gasteiger charge is -2.16. The zero-order chi connectivity index (χ0) is 17.3. The predicted molar refractivity (Wildman–Crippen MR) is 92.0 cm³/mol. The van der Waals surface area contributed by atoms with Crippen molar-refractivity contribution < 1.29 is 14.0 Å². The Hall–Kier alpha value is -2.11. The van der Waals surface area contributed by atoms with Gasteiger partial charge in [-0.25, -0.2) is 4.39 Å². The number of nitrogens with zero attached hydrogens (tertiary/aromatic N) is 1. The van der Waals surface area contributed by atoms with Gasteiger partial charge in [-0.3, -0.25) is 9.59 Å². The maximum absolute atomic E-state index is 13.2. The first-order valence-corrected chi connectivity index (χ1v) is 8.01. The molecule has 1 atom stereocenters. The van der Waals surface area contributed by atoms with Crippen LogP contribution in [0, 0.1) is 11.7 Å². The van der Waals surface area contributed by atoms with Gasteiger partial charge >= 0.3 is 0 Å². The smallest absolute Gasteiger partial charge is 0.229 e. The molecule has 0 saturated carbocycles. The van der Waals surface area contributed by atoms with Gasteiger partial charge in [0, 0.05) is 29.4 Å². The number of carbonyl (C=O) groups excluding carboxylic acids is 2. The minimum absolute atomic E-state index is 0.0712. The van der Waals surface area contributed by atoms with Crippen molar-refractivity contribution in [3.05, 3.63) is 58.3 Å². The van der Waals surface area contributed by atoms with E-state index < -0.39 is 11.7 Å². The minimum atomic E-state index is -0.556. The Labute approximate surface area is 148 Å². The molecule has 24 heavy (non-hydrogen) atoms.